The Morgan fingerprint density at radius 1 is 0.718 bits per heavy atom. The molecule has 2 aliphatic rings. The number of hydrogen-bond acceptors (Lipinski definition) is 10. The molecule has 1 N–H and O–H groups in total. The molecule has 0 unspecified atom stereocenters. The molecule has 6 aromatic carbocycles. The first-order valence-corrected chi connectivity index (χ1v) is 24.0. The van der Waals surface area contributed by atoms with E-state index in [1.54, 1.807) is 25.1 Å². The van der Waals surface area contributed by atoms with Gasteiger partial charge in [-0.3, -0.25) is 9.36 Å². The zero-order valence-electron chi connectivity index (χ0n) is 39.6. The SMILES string of the molecule is C#C[C@]1(COC(=O)C2CCCCC2)O[C@@H](n2cnc3c(NC(c4ccccc4)(c4ccccc4)c4ccc(OC)cc4)nc(F)nc32)C[C@@H]1OC(c1ccccc1)(c1ccccc1)c1ccc(OC)cc1. The third-order valence-corrected chi connectivity index (χ3v) is 14.0. The first-order valence-electron chi connectivity index (χ1n) is 24.0. The van der Waals surface area contributed by atoms with Gasteiger partial charge in [0.1, 0.15) is 41.6 Å². The van der Waals surface area contributed by atoms with Crippen LogP contribution in [0.4, 0.5) is 10.2 Å². The van der Waals surface area contributed by atoms with Crippen LogP contribution >= 0.6 is 0 Å². The minimum Gasteiger partial charge on any atom is -0.497 e. The number of aromatic nitrogens is 4. The predicted octanol–water partition coefficient (Wildman–Crippen LogP) is 11.2. The van der Waals surface area contributed by atoms with Gasteiger partial charge in [0.25, 0.3) is 0 Å². The molecule has 1 aliphatic heterocycles. The lowest BCUT2D eigenvalue weighted by molar-refractivity contribution is -0.169. The summed E-state index contributed by atoms with van der Waals surface area (Å²) in [5.74, 6) is 3.84. The number of nitrogens with one attached hydrogen (secondary N) is 1. The number of ether oxygens (including phenoxy) is 5. The van der Waals surface area contributed by atoms with Gasteiger partial charge in [0, 0.05) is 6.42 Å². The van der Waals surface area contributed by atoms with E-state index in [-0.39, 0.29) is 41.9 Å². The van der Waals surface area contributed by atoms with Gasteiger partial charge in [-0.1, -0.05) is 171 Å². The highest BCUT2D eigenvalue weighted by Crippen LogP contribution is 2.49. The van der Waals surface area contributed by atoms with E-state index in [2.05, 4.69) is 21.2 Å². The molecule has 2 aromatic heterocycles. The van der Waals surface area contributed by atoms with Crippen molar-refractivity contribution in [3.05, 3.63) is 216 Å². The monoisotopic (exact) mass is 947 g/mol. The Bertz CT molecular complexity index is 3030. The fourth-order valence-electron chi connectivity index (χ4n) is 10.4. The second-order valence-corrected chi connectivity index (χ2v) is 18.0. The van der Waals surface area contributed by atoms with Crippen LogP contribution < -0.4 is 14.8 Å². The number of nitrogens with zero attached hydrogens (tertiary/aromatic N) is 4. The lowest BCUT2D eigenvalue weighted by atomic mass is 9.77. The van der Waals surface area contributed by atoms with E-state index in [4.69, 9.17) is 35.1 Å². The van der Waals surface area contributed by atoms with E-state index in [9.17, 15) is 4.79 Å². The third-order valence-electron chi connectivity index (χ3n) is 14.0. The Balaban J connectivity index is 1.10. The van der Waals surface area contributed by atoms with Crippen molar-refractivity contribution in [2.75, 3.05) is 26.1 Å². The van der Waals surface area contributed by atoms with Gasteiger partial charge in [-0.15, -0.1) is 6.42 Å². The molecular formula is C59H54FN5O6. The van der Waals surface area contributed by atoms with Crippen molar-refractivity contribution in [3.8, 4) is 23.8 Å². The fourth-order valence-corrected chi connectivity index (χ4v) is 10.4. The lowest BCUT2D eigenvalue weighted by Gasteiger charge is -2.41. The van der Waals surface area contributed by atoms with Gasteiger partial charge in [-0.25, -0.2) is 4.98 Å². The zero-order valence-corrected chi connectivity index (χ0v) is 39.6. The molecule has 0 radical (unpaired) electrons. The van der Waals surface area contributed by atoms with Gasteiger partial charge in [-0.05, 0) is 70.5 Å². The second-order valence-electron chi connectivity index (χ2n) is 18.0. The number of anilines is 1. The Morgan fingerprint density at radius 3 is 1.73 bits per heavy atom. The predicted molar refractivity (Wildman–Crippen MR) is 269 cm³/mol. The number of terminal acetylenes is 1. The summed E-state index contributed by atoms with van der Waals surface area (Å²) in [5.41, 5.74) is 1.37. The molecule has 1 saturated heterocycles. The summed E-state index contributed by atoms with van der Waals surface area (Å²) in [6, 6.07) is 55.1. The number of halogens is 1. The van der Waals surface area contributed by atoms with Gasteiger partial charge in [0.2, 0.25) is 0 Å². The Morgan fingerprint density at radius 2 is 1.21 bits per heavy atom. The topological polar surface area (TPSA) is 119 Å². The Hall–Kier alpha value is -7.85. The quantitative estimate of drug-likeness (QED) is 0.0434. The number of hydrogen-bond donors (Lipinski definition) is 1. The molecule has 12 heteroatoms. The first-order chi connectivity index (χ1) is 34.8. The number of esters is 1. The number of benzene rings is 6. The zero-order chi connectivity index (χ0) is 48.8. The summed E-state index contributed by atoms with van der Waals surface area (Å²) in [7, 11) is 3.24. The van der Waals surface area contributed by atoms with Gasteiger partial charge in [0.05, 0.1) is 26.5 Å². The van der Waals surface area contributed by atoms with E-state index in [0.717, 1.165) is 65.5 Å². The number of fused-ring (bicyclic) bond motifs is 1. The number of carbonyl (C=O) groups excluding carboxylic acids is 1. The van der Waals surface area contributed by atoms with Crippen molar-refractivity contribution in [1.29, 1.82) is 0 Å². The van der Waals surface area contributed by atoms with E-state index >= 15 is 4.39 Å². The van der Waals surface area contributed by atoms with Gasteiger partial charge in [0.15, 0.2) is 22.6 Å². The van der Waals surface area contributed by atoms with Gasteiger partial charge < -0.3 is 29.0 Å². The van der Waals surface area contributed by atoms with Crippen LogP contribution in [0.1, 0.15) is 78.1 Å². The number of imidazole rings is 1. The van der Waals surface area contributed by atoms with Crippen LogP contribution in [0.5, 0.6) is 11.5 Å². The molecule has 71 heavy (non-hydrogen) atoms. The number of rotatable bonds is 16. The number of carbonyl (C=O) groups is 1. The molecule has 0 amide bonds. The van der Waals surface area contributed by atoms with E-state index in [1.807, 2.05) is 170 Å². The minimum atomic E-state index is -1.65. The van der Waals surface area contributed by atoms with Crippen LogP contribution in [0.15, 0.2) is 176 Å². The first kappa shape index (κ1) is 46.9. The third kappa shape index (κ3) is 8.88. The van der Waals surface area contributed by atoms with Crippen molar-refractivity contribution >= 4 is 23.0 Å². The largest absolute Gasteiger partial charge is 0.497 e. The van der Waals surface area contributed by atoms with E-state index in [0.29, 0.717) is 11.5 Å². The normalized spacial score (nSPS) is 18.4. The molecule has 8 aromatic rings. The minimum absolute atomic E-state index is 0.117. The highest BCUT2D eigenvalue weighted by atomic mass is 19.1. The van der Waals surface area contributed by atoms with Crippen molar-refractivity contribution in [1.82, 2.24) is 19.5 Å². The van der Waals surface area contributed by atoms with Crippen LogP contribution in [0, 0.1) is 24.3 Å². The van der Waals surface area contributed by atoms with Gasteiger partial charge in [-0.2, -0.15) is 14.4 Å². The molecule has 1 aliphatic carbocycles. The van der Waals surface area contributed by atoms with Crippen molar-refractivity contribution in [3.63, 3.8) is 0 Å². The Labute approximate surface area is 413 Å². The summed E-state index contributed by atoms with van der Waals surface area (Å²) in [6.45, 7) is -0.302. The maximum Gasteiger partial charge on any atom is 0.312 e. The average molecular weight is 948 g/mol. The second kappa shape index (κ2) is 20.2. The summed E-state index contributed by atoms with van der Waals surface area (Å²) >= 11 is 0. The standard InChI is InChI=1S/C59H54FN5O6/c1-4-57(39-69-55(66)41-20-10-5-11-21-41)50(70-59(45-26-16-8-17-27-45,46-28-18-9-19-29-46)47-32-36-49(68-3)37-33-47)38-51(71-57)65-40-61-52-53(62-56(60)63-54(52)65)64-58(42-22-12-6-13-23-42,43-24-14-7-15-25-43)44-30-34-48(67-2)35-31-44/h1,6-9,12-19,22-37,40-41,50-51H,5,10-11,20-21,38-39H2,2-3H3,(H,62,63,64)/t50-,51+,57+/m0/s1. The molecule has 11 nitrogen and oxygen atoms in total. The van der Waals surface area contributed by atoms with Crippen LogP contribution in [-0.4, -0.2) is 58.0 Å². The molecule has 10 rings (SSSR count). The highest BCUT2D eigenvalue weighted by molar-refractivity contribution is 5.84. The average Bonchev–Trinajstić information content (AvgIpc) is 4.03. The molecular weight excluding hydrogens is 894 g/mol. The van der Waals surface area contributed by atoms with Crippen molar-refractivity contribution < 1.29 is 32.9 Å². The van der Waals surface area contributed by atoms with Crippen molar-refractivity contribution in [2.24, 2.45) is 5.92 Å². The van der Waals surface area contributed by atoms with Crippen molar-refractivity contribution in [2.45, 2.75) is 67.6 Å². The number of methoxy groups -OCH3 is 2. The molecule has 2 fully saturated rings. The maximum absolute atomic E-state index is 16.4. The summed E-state index contributed by atoms with van der Waals surface area (Å²) < 4.78 is 50.1. The summed E-state index contributed by atoms with van der Waals surface area (Å²) in [6.07, 6.45) is 9.88. The smallest absolute Gasteiger partial charge is 0.312 e. The molecule has 0 spiro atoms. The van der Waals surface area contributed by atoms with Gasteiger partial charge >= 0.3 is 12.0 Å². The summed E-state index contributed by atoms with van der Waals surface area (Å²) in [4.78, 5) is 27.5. The lowest BCUT2D eigenvalue weighted by Crippen LogP contribution is -2.49. The molecule has 3 heterocycles. The Kier molecular flexibility index (Phi) is 13.4. The van der Waals surface area contributed by atoms with Crippen LogP contribution in [0.2, 0.25) is 0 Å². The molecule has 3 atom stereocenters. The van der Waals surface area contributed by atoms with Crippen LogP contribution in [0.25, 0.3) is 11.2 Å². The molecule has 0 bridgehead atoms. The highest BCUT2D eigenvalue weighted by Gasteiger charge is 2.55. The maximum atomic E-state index is 16.4. The molecule has 358 valence electrons. The van der Waals surface area contributed by atoms with E-state index < -0.39 is 35.2 Å². The summed E-state index contributed by atoms with van der Waals surface area (Å²) in [5, 5.41) is 3.69. The van der Waals surface area contributed by atoms with E-state index in [1.165, 1.54) is 0 Å². The fraction of sp³-hybridized carbons (Fsp3) is 0.254. The van der Waals surface area contributed by atoms with Crippen LogP contribution in [0.3, 0.4) is 0 Å². The molecule has 1 saturated carbocycles. The van der Waals surface area contributed by atoms with Crippen LogP contribution in [-0.2, 0) is 30.1 Å².